The first-order valence-electron chi connectivity index (χ1n) is 2.67. The predicted octanol–water partition coefficient (Wildman–Crippen LogP) is 0.607. The number of oxime groups is 1. The van der Waals surface area contributed by atoms with Crippen LogP contribution >= 0.6 is 0 Å². The van der Waals surface area contributed by atoms with E-state index in [-0.39, 0.29) is 0 Å². The van der Waals surface area contributed by atoms with E-state index in [1.54, 1.807) is 0 Å². The van der Waals surface area contributed by atoms with Gasteiger partial charge in [-0.1, -0.05) is 18.5 Å². The molecule has 1 atom stereocenters. The molecule has 0 aromatic heterocycles. The Bertz CT molecular complexity index is 72.8. The van der Waals surface area contributed by atoms with Crippen molar-refractivity contribution in [3.05, 3.63) is 0 Å². The quantitative estimate of drug-likeness (QED) is 0.323. The fourth-order valence-electron chi connectivity index (χ4n) is 0.447. The van der Waals surface area contributed by atoms with Crippen molar-refractivity contribution in [1.29, 1.82) is 0 Å². The molecule has 0 saturated carbocycles. The molecule has 0 aliphatic carbocycles. The molecule has 0 radical (unpaired) electrons. The Balaban J connectivity index is 3.17. The van der Waals surface area contributed by atoms with Crippen LogP contribution in [0.5, 0.6) is 0 Å². The molecule has 8 heavy (non-hydrogen) atoms. The Hall–Kier alpha value is -0.570. The maximum absolute atomic E-state index is 8.74. The highest BCUT2D eigenvalue weighted by atomic mass is 16.4. The Morgan fingerprint density at radius 1 is 1.75 bits per heavy atom. The molecule has 0 aromatic rings. The van der Waals surface area contributed by atoms with Gasteiger partial charge in [0, 0.05) is 0 Å². The van der Waals surface area contributed by atoms with Crippen molar-refractivity contribution in [3.63, 3.8) is 0 Å². The Kier molecular flexibility index (Phi) is 4.26. The van der Waals surface area contributed by atoms with Crippen molar-refractivity contribution in [2.45, 2.75) is 25.9 Å². The van der Waals surface area contributed by atoms with Crippen LogP contribution < -0.4 is 0 Å². The standard InChI is InChI=1S/C5H11NO2/c1-2-3-5(7)4-6-8/h4-5,7-8H,2-3H2,1H3/b6-4+. The summed E-state index contributed by atoms with van der Waals surface area (Å²) < 4.78 is 0. The smallest absolute Gasteiger partial charge is 0.0924 e. The zero-order valence-corrected chi connectivity index (χ0v) is 4.91. The summed E-state index contributed by atoms with van der Waals surface area (Å²) in [5, 5.41) is 19.3. The monoisotopic (exact) mass is 117 g/mol. The maximum atomic E-state index is 8.74. The Labute approximate surface area is 48.6 Å². The van der Waals surface area contributed by atoms with Crippen LogP contribution in [0.1, 0.15) is 19.8 Å². The molecule has 0 saturated heterocycles. The molecule has 0 bridgehead atoms. The van der Waals surface area contributed by atoms with Crippen LogP contribution in [0.15, 0.2) is 5.16 Å². The molecule has 0 heterocycles. The zero-order chi connectivity index (χ0) is 6.41. The van der Waals surface area contributed by atoms with E-state index in [9.17, 15) is 0 Å². The van der Waals surface area contributed by atoms with Gasteiger partial charge in [0.15, 0.2) is 0 Å². The van der Waals surface area contributed by atoms with Gasteiger partial charge in [0.05, 0.1) is 12.3 Å². The zero-order valence-electron chi connectivity index (χ0n) is 4.91. The van der Waals surface area contributed by atoms with Gasteiger partial charge in [-0.15, -0.1) is 0 Å². The molecule has 0 aliphatic rings. The van der Waals surface area contributed by atoms with E-state index in [2.05, 4.69) is 5.16 Å². The lowest BCUT2D eigenvalue weighted by atomic mass is 10.2. The van der Waals surface area contributed by atoms with Crippen molar-refractivity contribution in [2.24, 2.45) is 5.16 Å². The predicted molar refractivity (Wildman–Crippen MR) is 31.2 cm³/mol. The molecule has 0 fully saturated rings. The third-order valence-electron chi connectivity index (χ3n) is 0.823. The van der Waals surface area contributed by atoms with Crippen molar-refractivity contribution in [1.82, 2.24) is 0 Å². The topological polar surface area (TPSA) is 52.8 Å². The largest absolute Gasteiger partial charge is 0.411 e. The molecule has 2 N–H and O–H groups in total. The van der Waals surface area contributed by atoms with Crippen LogP contribution in [0.3, 0.4) is 0 Å². The van der Waals surface area contributed by atoms with E-state index >= 15 is 0 Å². The molecule has 3 heteroatoms. The minimum absolute atomic E-state index is 0.579. The fourth-order valence-corrected chi connectivity index (χ4v) is 0.447. The second-order valence-corrected chi connectivity index (χ2v) is 1.62. The molecule has 0 amide bonds. The molecule has 0 aliphatic heterocycles. The summed E-state index contributed by atoms with van der Waals surface area (Å²) in [6.07, 6.45) is 2.09. The number of hydrogen-bond acceptors (Lipinski definition) is 3. The highest BCUT2D eigenvalue weighted by Crippen LogP contribution is 1.91. The van der Waals surface area contributed by atoms with Gasteiger partial charge < -0.3 is 10.3 Å². The minimum atomic E-state index is -0.579. The molecule has 0 aromatic carbocycles. The third-order valence-corrected chi connectivity index (χ3v) is 0.823. The summed E-state index contributed by atoms with van der Waals surface area (Å²) in [5.41, 5.74) is 0. The van der Waals surface area contributed by atoms with E-state index in [1.165, 1.54) is 0 Å². The first kappa shape index (κ1) is 7.43. The van der Waals surface area contributed by atoms with Gasteiger partial charge in [-0.05, 0) is 6.42 Å². The van der Waals surface area contributed by atoms with Crippen LogP contribution in [0.2, 0.25) is 0 Å². The van der Waals surface area contributed by atoms with Crippen molar-refractivity contribution in [3.8, 4) is 0 Å². The van der Waals surface area contributed by atoms with Crippen molar-refractivity contribution in [2.75, 3.05) is 0 Å². The average Bonchev–Trinajstić information content (AvgIpc) is 1.68. The van der Waals surface area contributed by atoms with Crippen LogP contribution in [0.4, 0.5) is 0 Å². The molecule has 1 unspecified atom stereocenters. The molecule has 3 nitrogen and oxygen atoms in total. The summed E-state index contributed by atoms with van der Waals surface area (Å²) in [6, 6.07) is 0. The normalized spacial score (nSPS) is 14.8. The average molecular weight is 117 g/mol. The fraction of sp³-hybridized carbons (Fsp3) is 0.800. The summed E-state index contributed by atoms with van der Waals surface area (Å²) >= 11 is 0. The lowest BCUT2D eigenvalue weighted by Crippen LogP contribution is -2.06. The van der Waals surface area contributed by atoms with E-state index in [0.717, 1.165) is 12.6 Å². The second kappa shape index (κ2) is 4.59. The van der Waals surface area contributed by atoms with Crippen LogP contribution in [0, 0.1) is 0 Å². The van der Waals surface area contributed by atoms with Gasteiger partial charge in [-0.3, -0.25) is 0 Å². The van der Waals surface area contributed by atoms with Gasteiger partial charge >= 0.3 is 0 Å². The highest BCUT2D eigenvalue weighted by Gasteiger charge is 1.94. The number of aliphatic hydroxyl groups is 1. The van der Waals surface area contributed by atoms with E-state index in [4.69, 9.17) is 10.3 Å². The Morgan fingerprint density at radius 3 is 2.75 bits per heavy atom. The van der Waals surface area contributed by atoms with Gasteiger partial charge in [0.1, 0.15) is 0 Å². The Morgan fingerprint density at radius 2 is 2.38 bits per heavy atom. The van der Waals surface area contributed by atoms with Gasteiger partial charge in [0.2, 0.25) is 0 Å². The SMILES string of the molecule is CCCC(O)/C=N/O. The van der Waals surface area contributed by atoms with Gasteiger partial charge in [-0.2, -0.15) is 0 Å². The van der Waals surface area contributed by atoms with Crippen molar-refractivity contribution < 1.29 is 10.3 Å². The van der Waals surface area contributed by atoms with Gasteiger partial charge in [0.25, 0.3) is 0 Å². The summed E-state index contributed by atoms with van der Waals surface area (Å²) in [5.74, 6) is 0. The van der Waals surface area contributed by atoms with E-state index in [1.807, 2.05) is 6.92 Å². The summed E-state index contributed by atoms with van der Waals surface area (Å²) in [4.78, 5) is 0. The molecule has 0 spiro atoms. The van der Waals surface area contributed by atoms with Crippen LogP contribution in [-0.4, -0.2) is 22.6 Å². The minimum Gasteiger partial charge on any atom is -0.411 e. The number of hydrogen-bond donors (Lipinski definition) is 2. The summed E-state index contributed by atoms with van der Waals surface area (Å²) in [6.45, 7) is 1.95. The number of rotatable bonds is 3. The summed E-state index contributed by atoms with van der Waals surface area (Å²) in [7, 11) is 0. The lowest BCUT2D eigenvalue weighted by molar-refractivity contribution is 0.226. The molecular formula is C5H11NO2. The van der Waals surface area contributed by atoms with Crippen LogP contribution in [-0.2, 0) is 0 Å². The second-order valence-electron chi connectivity index (χ2n) is 1.62. The van der Waals surface area contributed by atoms with Crippen LogP contribution in [0.25, 0.3) is 0 Å². The number of nitrogens with zero attached hydrogens (tertiary/aromatic N) is 1. The van der Waals surface area contributed by atoms with E-state index in [0.29, 0.717) is 6.42 Å². The van der Waals surface area contributed by atoms with Crippen molar-refractivity contribution >= 4 is 6.21 Å². The first-order chi connectivity index (χ1) is 3.81. The molecule has 48 valence electrons. The lowest BCUT2D eigenvalue weighted by Gasteiger charge is -1.97. The highest BCUT2D eigenvalue weighted by molar-refractivity contribution is 5.61. The third kappa shape index (κ3) is 3.61. The maximum Gasteiger partial charge on any atom is 0.0924 e. The van der Waals surface area contributed by atoms with Gasteiger partial charge in [-0.25, -0.2) is 0 Å². The number of aliphatic hydroxyl groups excluding tert-OH is 1. The van der Waals surface area contributed by atoms with E-state index < -0.39 is 6.10 Å². The molecular weight excluding hydrogens is 106 g/mol. The first-order valence-corrected chi connectivity index (χ1v) is 2.67. The molecule has 0 rings (SSSR count).